The average Bonchev–Trinajstić information content (AvgIpc) is 2.74. The largest absolute Gasteiger partial charge is 0.395 e. The topological polar surface area (TPSA) is 61.6 Å². The highest BCUT2D eigenvalue weighted by atomic mass is 16.3. The number of β-amino-alcohol motifs (C(OH)–C–C–N with tert-alkyl or cyclic N) is 1. The Labute approximate surface area is 132 Å². The molecule has 2 heterocycles. The molecule has 0 spiro atoms. The van der Waals surface area contributed by atoms with Crippen LogP contribution in [0.3, 0.4) is 0 Å². The predicted molar refractivity (Wildman–Crippen MR) is 85.7 cm³/mol. The van der Waals surface area contributed by atoms with Gasteiger partial charge in [0, 0.05) is 51.4 Å². The first-order valence-electron chi connectivity index (χ1n) is 8.05. The molecule has 1 atom stereocenters. The zero-order valence-corrected chi connectivity index (χ0v) is 14.2. The van der Waals surface area contributed by atoms with Crippen molar-refractivity contribution in [2.75, 3.05) is 39.3 Å². The summed E-state index contributed by atoms with van der Waals surface area (Å²) in [6.07, 6.45) is 0.751. The molecule has 124 valence electrons. The van der Waals surface area contributed by atoms with Crippen molar-refractivity contribution in [3.63, 3.8) is 0 Å². The highest BCUT2D eigenvalue weighted by Gasteiger charge is 2.26. The molecule has 1 aliphatic rings. The Bertz CT molecular complexity index is 518. The summed E-state index contributed by atoms with van der Waals surface area (Å²) >= 11 is 0. The molecule has 0 aliphatic carbocycles. The summed E-state index contributed by atoms with van der Waals surface area (Å²) in [6.45, 7) is 10.2. The molecule has 22 heavy (non-hydrogen) atoms. The van der Waals surface area contributed by atoms with Crippen molar-refractivity contribution < 1.29 is 9.90 Å². The molecule has 1 amide bonds. The zero-order valence-electron chi connectivity index (χ0n) is 14.2. The fourth-order valence-electron chi connectivity index (χ4n) is 3.15. The van der Waals surface area contributed by atoms with Crippen molar-refractivity contribution in [2.24, 2.45) is 13.0 Å². The van der Waals surface area contributed by atoms with Crippen molar-refractivity contribution in [1.82, 2.24) is 19.6 Å². The number of aromatic nitrogens is 2. The van der Waals surface area contributed by atoms with Gasteiger partial charge >= 0.3 is 0 Å². The van der Waals surface area contributed by atoms with Crippen molar-refractivity contribution in [2.45, 2.75) is 27.2 Å². The number of amides is 1. The van der Waals surface area contributed by atoms with Crippen LogP contribution in [0.15, 0.2) is 0 Å². The maximum Gasteiger partial charge on any atom is 0.225 e. The zero-order chi connectivity index (χ0) is 16.3. The predicted octanol–water partition coefficient (Wildman–Crippen LogP) is 0.352. The smallest absolute Gasteiger partial charge is 0.225 e. The SMILES string of the molecule is Cc1nn(C)c(C)c1CC(C)C(=O)N1CCN(CCO)CC1. The van der Waals surface area contributed by atoms with Crippen LogP contribution in [0.5, 0.6) is 0 Å². The monoisotopic (exact) mass is 308 g/mol. The lowest BCUT2D eigenvalue weighted by Crippen LogP contribution is -2.50. The van der Waals surface area contributed by atoms with Crippen LogP contribution < -0.4 is 0 Å². The van der Waals surface area contributed by atoms with Crippen LogP contribution in [0.25, 0.3) is 0 Å². The normalized spacial score (nSPS) is 17.8. The molecular formula is C16H28N4O2. The third-order valence-corrected chi connectivity index (χ3v) is 4.69. The highest BCUT2D eigenvalue weighted by molar-refractivity contribution is 5.79. The number of aliphatic hydroxyl groups excluding tert-OH is 1. The Kier molecular flexibility index (Phi) is 5.58. The van der Waals surface area contributed by atoms with Crippen LogP contribution in [0.4, 0.5) is 0 Å². The van der Waals surface area contributed by atoms with Gasteiger partial charge in [0.05, 0.1) is 12.3 Å². The van der Waals surface area contributed by atoms with Crippen LogP contribution in [0.2, 0.25) is 0 Å². The van der Waals surface area contributed by atoms with E-state index in [0.717, 1.165) is 44.0 Å². The lowest BCUT2D eigenvalue weighted by Gasteiger charge is -2.35. The van der Waals surface area contributed by atoms with Gasteiger partial charge in [-0.2, -0.15) is 5.10 Å². The van der Waals surface area contributed by atoms with Crippen LogP contribution in [0.1, 0.15) is 23.9 Å². The standard InChI is InChI=1S/C16H28N4O2/c1-12(11-15-13(2)17-18(4)14(15)3)16(22)20-7-5-19(6-8-20)9-10-21/h12,21H,5-11H2,1-4H3. The second kappa shape index (κ2) is 7.24. The van der Waals surface area contributed by atoms with Gasteiger partial charge in [-0.15, -0.1) is 0 Å². The summed E-state index contributed by atoms with van der Waals surface area (Å²) in [5.74, 6) is 0.206. The molecule has 1 aromatic rings. The molecule has 0 saturated carbocycles. The van der Waals surface area contributed by atoms with E-state index >= 15 is 0 Å². The minimum atomic E-state index is -0.0222. The molecule has 1 unspecified atom stereocenters. The summed E-state index contributed by atoms with van der Waals surface area (Å²) in [4.78, 5) is 16.8. The number of hydrogen-bond donors (Lipinski definition) is 1. The number of carbonyl (C=O) groups is 1. The van der Waals surface area contributed by atoms with Crippen molar-refractivity contribution in [1.29, 1.82) is 0 Å². The number of piperazine rings is 1. The van der Waals surface area contributed by atoms with Crippen molar-refractivity contribution >= 4 is 5.91 Å². The van der Waals surface area contributed by atoms with E-state index in [1.54, 1.807) is 0 Å². The maximum absolute atomic E-state index is 12.6. The van der Waals surface area contributed by atoms with Gasteiger partial charge < -0.3 is 10.0 Å². The van der Waals surface area contributed by atoms with E-state index in [1.165, 1.54) is 5.56 Å². The maximum atomic E-state index is 12.6. The molecule has 1 aliphatic heterocycles. The molecular weight excluding hydrogens is 280 g/mol. The van der Waals surface area contributed by atoms with Gasteiger partial charge in [0.2, 0.25) is 5.91 Å². The molecule has 1 fully saturated rings. The summed E-state index contributed by atoms with van der Waals surface area (Å²) in [6, 6.07) is 0. The Morgan fingerprint density at radius 2 is 1.91 bits per heavy atom. The lowest BCUT2D eigenvalue weighted by atomic mass is 9.98. The molecule has 0 bridgehead atoms. The first-order valence-corrected chi connectivity index (χ1v) is 8.05. The van der Waals surface area contributed by atoms with Crippen LogP contribution in [0, 0.1) is 19.8 Å². The third-order valence-electron chi connectivity index (χ3n) is 4.69. The average molecular weight is 308 g/mol. The first-order chi connectivity index (χ1) is 10.4. The van der Waals surface area contributed by atoms with Gasteiger partial charge in [-0.3, -0.25) is 14.4 Å². The minimum Gasteiger partial charge on any atom is -0.395 e. The Hall–Kier alpha value is -1.40. The van der Waals surface area contributed by atoms with Gasteiger partial charge in [-0.05, 0) is 25.8 Å². The van der Waals surface area contributed by atoms with E-state index in [4.69, 9.17) is 5.11 Å². The van der Waals surface area contributed by atoms with E-state index in [-0.39, 0.29) is 18.4 Å². The fraction of sp³-hybridized carbons (Fsp3) is 0.750. The molecule has 1 N–H and O–H groups in total. The molecule has 1 saturated heterocycles. The van der Waals surface area contributed by atoms with Crippen molar-refractivity contribution in [3.8, 4) is 0 Å². The van der Waals surface area contributed by atoms with E-state index in [9.17, 15) is 4.79 Å². The summed E-state index contributed by atoms with van der Waals surface area (Å²) in [5.41, 5.74) is 3.36. The fourth-order valence-corrected chi connectivity index (χ4v) is 3.15. The van der Waals surface area contributed by atoms with Gasteiger partial charge in [-0.1, -0.05) is 6.92 Å². The van der Waals surface area contributed by atoms with E-state index in [1.807, 2.05) is 30.5 Å². The molecule has 0 radical (unpaired) electrons. The third kappa shape index (κ3) is 3.67. The Balaban J connectivity index is 1.93. The second-order valence-electron chi connectivity index (χ2n) is 6.27. The molecule has 6 nitrogen and oxygen atoms in total. The van der Waals surface area contributed by atoms with E-state index < -0.39 is 0 Å². The Morgan fingerprint density at radius 1 is 1.27 bits per heavy atom. The Morgan fingerprint density at radius 3 is 2.41 bits per heavy atom. The van der Waals surface area contributed by atoms with Gasteiger partial charge in [-0.25, -0.2) is 0 Å². The number of nitrogens with zero attached hydrogens (tertiary/aromatic N) is 4. The molecule has 2 rings (SSSR count). The summed E-state index contributed by atoms with van der Waals surface area (Å²) in [5, 5.41) is 13.4. The molecule has 6 heteroatoms. The lowest BCUT2D eigenvalue weighted by molar-refractivity contribution is -0.136. The number of aliphatic hydroxyl groups is 1. The van der Waals surface area contributed by atoms with Gasteiger partial charge in [0.15, 0.2) is 0 Å². The van der Waals surface area contributed by atoms with E-state index in [0.29, 0.717) is 6.54 Å². The minimum absolute atomic E-state index is 0.0222. The summed E-state index contributed by atoms with van der Waals surface area (Å²) in [7, 11) is 1.94. The number of hydrogen-bond acceptors (Lipinski definition) is 4. The number of rotatable bonds is 5. The second-order valence-corrected chi connectivity index (χ2v) is 6.27. The van der Waals surface area contributed by atoms with Crippen LogP contribution in [-0.4, -0.2) is 69.9 Å². The van der Waals surface area contributed by atoms with Crippen LogP contribution in [-0.2, 0) is 18.3 Å². The summed E-state index contributed by atoms with van der Waals surface area (Å²) < 4.78 is 1.88. The quantitative estimate of drug-likeness (QED) is 0.853. The van der Waals surface area contributed by atoms with Gasteiger partial charge in [0.1, 0.15) is 0 Å². The van der Waals surface area contributed by atoms with Gasteiger partial charge in [0.25, 0.3) is 0 Å². The first kappa shape index (κ1) is 17.0. The molecule has 0 aromatic carbocycles. The van der Waals surface area contributed by atoms with Crippen molar-refractivity contribution in [3.05, 3.63) is 17.0 Å². The number of aryl methyl sites for hydroxylation is 2. The van der Waals surface area contributed by atoms with Crippen LogP contribution >= 0.6 is 0 Å². The highest BCUT2D eigenvalue weighted by Crippen LogP contribution is 2.19. The number of carbonyl (C=O) groups excluding carboxylic acids is 1. The molecule has 1 aromatic heterocycles. The van der Waals surface area contributed by atoms with E-state index in [2.05, 4.69) is 16.9 Å².